The number of hydrogen-bond acceptors (Lipinski definition) is 4. The quantitative estimate of drug-likeness (QED) is 0.600. The summed E-state index contributed by atoms with van der Waals surface area (Å²) in [7, 11) is 0. The molecule has 0 fully saturated rings. The lowest BCUT2D eigenvalue weighted by Crippen LogP contribution is -1.96. The molecule has 4 heterocycles. The first-order valence-electron chi connectivity index (χ1n) is 7.12. The van der Waals surface area contributed by atoms with Gasteiger partial charge in [-0.1, -0.05) is 0 Å². The van der Waals surface area contributed by atoms with E-state index in [1.165, 1.54) is 11.3 Å². The molecule has 1 N–H and O–H groups in total. The lowest BCUT2D eigenvalue weighted by atomic mass is 10.3. The van der Waals surface area contributed by atoms with Crippen LogP contribution in [0.3, 0.4) is 0 Å². The lowest BCUT2D eigenvalue weighted by Gasteiger charge is -2.05. The summed E-state index contributed by atoms with van der Waals surface area (Å²) in [6, 6.07) is 8.02. The molecule has 4 aromatic heterocycles. The van der Waals surface area contributed by atoms with Gasteiger partial charge in [-0.3, -0.25) is 4.57 Å². The zero-order chi connectivity index (χ0) is 16.0. The largest absolute Gasteiger partial charge is 0.477 e. The number of carboxylic acid groups (broad SMARTS) is 1. The van der Waals surface area contributed by atoms with E-state index in [-0.39, 0.29) is 0 Å². The maximum absolute atomic E-state index is 11.2. The molecule has 0 radical (unpaired) electrons. The molecule has 0 saturated heterocycles. The summed E-state index contributed by atoms with van der Waals surface area (Å²) in [5.74, 6) is -0.867. The fourth-order valence-electron chi connectivity index (χ4n) is 2.69. The molecular formula is C16H13N3O2S2. The van der Waals surface area contributed by atoms with E-state index < -0.39 is 5.97 Å². The number of rotatable bonds is 4. The zero-order valence-corrected chi connectivity index (χ0v) is 13.9. The third-order valence-electron chi connectivity index (χ3n) is 3.72. The predicted molar refractivity (Wildman–Crippen MR) is 92.9 cm³/mol. The number of imidazole rings is 1. The molecular weight excluding hydrogens is 330 g/mol. The van der Waals surface area contributed by atoms with Gasteiger partial charge < -0.3 is 9.67 Å². The number of carboxylic acids is 1. The normalized spacial score (nSPS) is 11.3. The van der Waals surface area contributed by atoms with Gasteiger partial charge in [-0.15, -0.1) is 22.7 Å². The van der Waals surface area contributed by atoms with Crippen molar-refractivity contribution in [3.63, 3.8) is 0 Å². The monoisotopic (exact) mass is 343 g/mol. The number of aryl methyl sites for hydroxylation is 1. The van der Waals surface area contributed by atoms with E-state index in [0.717, 1.165) is 32.3 Å². The van der Waals surface area contributed by atoms with Crippen LogP contribution in [0.5, 0.6) is 0 Å². The Morgan fingerprint density at radius 3 is 2.87 bits per heavy atom. The number of nitrogens with zero attached hydrogens (tertiary/aromatic N) is 3. The Labute approximate surface area is 140 Å². The van der Waals surface area contributed by atoms with Crippen LogP contribution in [-0.2, 0) is 6.54 Å². The number of thiophene rings is 2. The molecule has 0 aliphatic carbocycles. The van der Waals surface area contributed by atoms with Gasteiger partial charge in [0.15, 0.2) is 0 Å². The second-order valence-corrected chi connectivity index (χ2v) is 7.19. The fraction of sp³-hybridized carbons (Fsp3) is 0.125. The van der Waals surface area contributed by atoms with E-state index in [4.69, 9.17) is 5.11 Å². The van der Waals surface area contributed by atoms with Crippen molar-refractivity contribution in [1.29, 1.82) is 0 Å². The lowest BCUT2D eigenvalue weighted by molar-refractivity contribution is 0.0702. The van der Waals surface area contributed by atoms with Gasteiger partial charge in [0.2, 0.25) is 0 Å². The first-order chi connectivity index (χ1) is 11.2. The van der Waals surface area contributed by atoms with Gasteiger partial charge in [-0.05, 0) is 31.2 Å². The number of aromatic carboxylic acids is 1. The van der Waals surface area contributed by atoms with Crippen LogP contribution in [0.4, 0.5) is 0 Å². The molecule has 4 rings (SSSR count). The molecule has 0 unspecified atom stereocenters. The van der Waals surface area contributed by atoms with Crippen LogP contribution in [0.2, 0.25) is 0 Å². The first kappa shape index (κ1) is 14.2. The van der Waals surface area contributed by atoms with Crippen LogP contribution in [-0.4, -0.2) is 25.2 Å². The maximum Gasteiger partial charge on any atom is 0.345 e. The molecule has 0 bridgehead atoms. The minimum absolute atomic E-state index is 0.383. The van der Waals surface area contributed by atoms with Crippen molar-refractivity contribution in [3.8, 4) is 15.6 Å². The summed E-state index contributed by atoms with van der Waals surface area (Å²) < 4.78 is 5.16. The number of carbonyl (C=O) groups is 1. The minimum Gasteiger partial charge on any atom is -0.477 e. The summed E-state index contributed by atoms with van der Waals surface area (Å²) in [6.45, 7) is 2.87. The van der Waals surface area contributed by atoms with Gasteiger partial charge in [0.25, 0.3) is 0 Å². The highest BCUT2D eigenvalue weighted by Crippen LogP contribution is 2.37. The molecule has 0 aliphatic heterocycles. The van der Waals surface area contributed by atoms with E-state index in [9.17, 15) is 4.79 Å². The van der Waals surface area contributed by atoms with Crippen molar-refractivity contribution in [1.82, 2.24) is 14.1 Å². The van der Waals surface area contributed by atoms with E-state index in [1.54, 1.807) is 29.9 Å². The minimum atomic E-state index is -0.867. The highest BCUT2D eigenvalue weighted by atomic mass is 32.1. The van der Waals surface area contributed by atoms with Crippen molar-refractivity contribution >= 4 is 38.9 Å². The first-order valence-corrected chi connectivity index (χ1v) is 8.75. The van der Waals surface area contributed by atoms with Gasteiger partial charge in [0, 0.05) is 18.9 Å². The number of hydrogen-bond donors (Lipinski definition) is 1. The van der Waals surface area contributed by atoms with Crippen molar-refractivity contribution in [2.45, 2.75) is 13.5 Å². The molecule has 23 heavy (non-hydrogen) atoms. The molecule has 0 saturated carbocycles. The Bertz CT molecular complexity index is 992. The topological polar surface area (TPSA) is 60.0 Å². The third-order valence-corrected chi connectivity index (χ3v) is 5.90. The van der Waals surface area contributed by atoms with Crippen LogP contribution < -0.4 is 0 Å². The fourth-order valence-corrected chi connectivity index (χ4v) is 4.61. The van der Waals surface area contributed by atoms with E-state index >= 15 is 0 Å². The van der Waals surface area contributed by atoms with Crippen molar-refractivity contribution in [3.05, 3.63) is 47.9 Å². The van der Waals surface area contributed by atoms with Gasteiger partial charge in [0.1, 0.15) is 9.88 Å². The summed E-state index contributed by atoms with van der Waals surface area (Å²) in [4.78, 5) is 16.8. The van der Waals surface area contributed by atoms with E-state index in [1.807, 2.05) is 10.8 Å². The van der Waals surface area contributed by atoms with Gasteiger partial charge in [0.05, 0.1) is 27.1 Å². The standard InChI is InChI=1S/C16H13N3O2S2/c1-2-19-10(7-13-11(19)8-14(22-13)16(20)21)12-3-4-15(23-12)18-6-5-17-9-18/h3-9H,2H2,1H3,(H,20,21). The molecule has 116 valence electrons. The molecule has 0 atom stereocenters. The summed E-state index contributed by atoms with van der Waals surface area (Å²) in [5.41, 5.74) is 2.12. The van der Waals surface area contributed by atoms with Gasteiger partial charge in [-0.2, -0.15) is 0 Å². The molecule has 0 aromatic carbocycles. The number of aromatic nitrogens is 3. The number of fused-ring (bicyclic) bond motifs is 1. The molecule has 0 spiro atoms. The van der Waals surface area contributed by atoms with Crippen LogP contribution in [0.25, 0.3) is 25.8 Å². The van der Waals surface area contributed by atoms with E-state index in [2.05, 4.69) is 34.7 Å². The molecule has 4 aromatic rings. The molecule has 0 aliphatic rings. The smallest absolute Gasteiger partial charge is 0.345 e. The Morgan fingerprint density at radius 1 is 1.30 bits per heavy atom. The van der Waals surface area contributed by atoms with Crippen molar-refractivity contribution < 1.29 is 9.90 Å². The highest BCUT2D eigenvalue weighted by molar-refractivity contribution is 7.21. The molecule has 7 heteroatoms. The Balaban J connectivity index is 1.82. The maximum atomic E-state index is 11.2. The highest BCUT2D eigenvalue weighted by Gasteiger charge is 2.17. The second kappa shape index (κ2) is 5.36. The Morgan fingerprint density at radius 2 is 2.17 bits per heavy atom. The van der Waals surface area contributed by atoms with Crippen molar-refractivity contribution in [2.24, 2.45) is 0 Å². The summed E-state index contributed by atoms with van der Waals surface area (Å²) in [5, 5.41) is 10.3. The van der Waals surface area contributed by atoms with Gasteiger partial charge in [-0.25, -0.2) is 9.78 Å². The average molecular weight is 343 g/mol. The third kappa shape index (κ3) is 2.29. The molecule has 5 nitrogen and oxygen atoms in total. The Kier molecular flexibility index (Phi) is 3.32. The van der Waals surface area contributed by atoms with Crippen LogP contribution in [0.15, 0.2) is 43.0 Å². The van der Waals surface area contributed by atoms with Crippen molar-refractivity contribution in [2.75, 3.05) is 0 Å². The summed E-state index contributed by atoms with van der Waals surface area (Å²) >= 11 is 3.02. The predicted octanol–water partition coefficient (Wildman–Crippen LogP) is 4.34. The average Bonchev–Trinajstić information content (AvgIpc) is 3.28. The SMILES string of the molecule is CCn1c(-c2ccc(-n3ccnc3)s2)cc2sc(C(=O)O)cc21. The van der Waals surface area contributed by atoms with Crippen LogP contribution >= 0.6 is 22.7 Å². The Hall–Kier alpha value is -2.38. The van der Waals surface area contributed by atoms with Gasteiger partial charge >= 0.3 is 5.97 Å². The van der Waals surface area contributed by atoms with Crippen LogP contribution in [0.1, 0.15) is 16.6 Å². The van der Waals surface area contributed by atoms with Crippen LogP contribution in [0, 0.1) is 0 Å². The molecule has 0 amide bonds. The second-order valence-electron chi connectivity index (χ2n) is 5.05. The zero-order valence-electron chi connectivity index (χ0n) is 12.3. The summed E-state index contributed by atoms with van der Waals surface area (Å²) in [6.07, 6.45) is 5.47. The van der Waals surface area contributed by atoms with E-state index in [0.29, 0.717) is 4.88 Å².